The number of thiophene rings is 1. The molecule has 118 valence electrons. The van der Waals surface area contributed by atoms with Gasteiger partial charge in [0, 0.05) is 12.6 Å². The molecule has 0 bridgehead atoms. The van der Waals surface area contributed by atoms with Gasteiger partial charge in [-0.15, -0.1) is 0 Å². The molecule has 3 rings (SSSR count). The summed E-state index contributed by atoms with van der Waals surface area (Å²) in [7, 11) is 0. The second-order valence-corrected chi connectivity index (χ2v) is 7.71. The van der Waals surface area contributed by atoms with Crippen molar-refractivity contribution in [2.75, 3.05) is 6.54 Å². The topological polar surface area (TPSA) is 32.3 Å². The zero-order valence-corrected chi connectivity index (χ0v) is 13.8. The number of hydrogen-bond donors (Lipinski definition) is 2. The Morgan fingerprint density at radius 1 is 1.10 bits per heavy atom. The number of nitrogens with one attached hydrogen (secondary N) is 1. The van der Waals surface area contributed by atoms with Crippen LogP contribution in [0, 0.1) is 11.8 Å². The monoisotopic (exact) mass is 307 g/mol. The van der Waals surface area contributed by atoms with Gasteiger partial charge in [-0.25, -0.2) is 0 Å². The van der Waals surface area contributed by atoms with Gasteiger partial charge < -0.3 is 10.4 Å². The first-order chi connectivity index (χ1) is 10.3. The van der Waals surface area contributed by atoms with Gasteiger partial charge in [0.2, 0.25) is 0 Å². The minimum atomic E-state index is -0.342. The molecule has 2 N–H and O–H groups in total. The highest BCUT2D eigenvalue weighted by Crippen LogP contribution is 2.38. The molecule has 0 radical (unpaired) electrons. The van der Waals surface area contributed by atoms with Crippen LogP contribution in [0.1, 0.15) is 69.5 Å². The maximum Gasteiger partial charge on any atom is 0.0922 e. The fourth-order valence-corrected chi connectivity index (χ4v) is 5.09. The first kappa shape index (κ1) is 15.5. The highest BCUT2D eigenvalue weighted by molar-refractivity contribution is 7.07. The Kier molecular flexibility index (Phi) is 5.73. The van der Waals surface area contributed by atoms with E-state index in [1.807, 2.05) is 11.4 Å². The van der Waals surface area contributed by atoms with Crippen molar-refractivity contribution in [3.63, 3.8) is 0 Å². The van der Waals surface area contributed by atoms with Crippen LogP contribution in [0.5, 0.6) is 0 Å². The van der Waals surface area contributed by atoms with Crippen molar-refractivity contribution in [2.45, 2.75) is 69.9 Å². The predicted molar refractivity (Wildman–Crippen MR) is 89.6 cm³/mol. The van der Waals surface area contributed by atoms with Crippen LogP contribution in [0.15, 0.2) is 16.8 Å². The smallest absolute Gasteiger partial charge is 0.0922 e. The van der Waals surface area contributed by atoms with Gasteiger partial charge in [0.15, 0.2) is 0 Å². The summed E-state index contributed by atoms with van der Waals surface area (Å²) in [4.78, 5) is 0. The Labute approximate surface area is 133 Å². The van der Waals surface area contributed by atoms with Gasteiger partial charge in [0.1, 0.15) is 0 Å². The highest BCUT2D eigenvalue weighted by atomic mass is 32.1. The molecule has 3 atom stereocenters. The van der Waals surface area contributed by atoms with E-state index in [1.165, 1.54) is 57.8 Å². The normalized spacial score (nSPS) is 29.4. The fourth-order valence-electron chi connectivity index (χ4n) is 4.39. The summed E-state index contributed by atoms with van der Waals surface area (Å²) in [6.07, 6.45) is 12.3. The van der Waals surface area contributed by atoms with Gasteiger partial charge >= 0.3 is 0 Å². The van der Waals surface area contributed by atoms with E-state index < -0.39 is 0 Å². The summed E-state index contributed by atoms with van der Waals surface area (Å²) in [6.45, 7) is 0.713. The molecule has 1 aromatic rings. The van der Waals surface area contributed by atoms with E-state index in [2.05, 4.69) is 10.7 Å². The summed E-state index contributed by atoms with van der Waals surface area (Å²) in [5.41, 5.74) is 1.07. The highest BCUT2D eigenvalue weighted by Gasteiger charge is 2.32. The lowest BCUT2D eigenvalue weighted by Gasteiger charge is -2.39. The minimum Gasteiger partial charge on any atom is -0.387 e. The molecule has 3 heteroatoms. The van der Waals surface area contributed by atoms with Crippen LogP contribution in [0.4, 0.5) is 0 Å². The average Bonchev–Trinajstić information content (AvgIpc) is 3.08. The van der Waals surface area contributed by atoms with Crippen molar-refractivity contribution < 1.29 is 5.11 Å². The summed E-state index contributed by atoms with van der Waals surface area (Å²) in [6, 6.07) is 2.67. The van der Waals surface area contributed by atoms with Crippen LogP contribution in [-0.2, 0) is 0 Å². The molecule has 21 heavy (non-hydrogen) atoms. The van der Waals surface area contributed by atoms with Crippen LogP contribution in [0.25, 0.3) is 0 Å². The number of rotatable bonds is 5. The van der Waals surface area contributed by atoms with E-state index in [-0.39, 0.29) is 6.10 Å². The van der Waals surface area contributed by atoms with E-state index in [9.17, 15) is 5.11 Å². The Hall–Kier alpha value is -0.380. The molecular weight excluding hydrogens is 278 g/mol. The number of aliphatic hydroxyl groups is 1. The largest absolute Gasteiger partial charge is 0.387 e. The molecule has 1 heterocycles. The summed E-state index contributed by atoms with van der Waals surface area (Å²) in [5, 5.41) is 18.1. The third-order valence-corrected chi connectivity index (χ3v) is 6.28. The van der Waals surface area contributed by atoms with Crippen molar-refractivity contribution in [3.05, 3.63) is 22.4 Å². The summed E-state index contributed by atoms with van der Waals surface area (Å²) >= 11 is 1.66. The van der Waals surface area contributed by atoms with E-state index in [4.69, 9.17) is 0 Å². The molecule has 0 spiro atoms. The Morgan fingerprint density at radius 3 is 2.62 bits per heavy atom. The standard InChI is InChI=1S/C18H29NOS/c20-18(15-10-11-21-13-15)12-19-17-9-5-4-8-16(17)14-6-2-1-3-7-14/h10-11,13-14,16-20H,1-9,12H2. The third kappa shape index (κ3) is 4.08. The predicted octanol–water partition coefficient (Wildman–Crippen LogP) is 4.51. The summed E-state index contributed by atoms with van der Waals surface area (Å²) < 4.78 is 0. The van der Waals surface area contributed by atoms with Crippen molar-refractivity contribution in [1.29, 1.82) is 0 Å². The Balaban J connectivity index is 1.54. The van der Waals surface area contributed by atoms with Gasteiger partial charge in [0.05, 0.1) is 6.10 Å². The van der Waals surface area contributed by atoms with Crippen LogP contribution < -0.4 is 5.32 Å². The molecule has 1 aromatic heterocycles. The van der Waals surface area contributed by atoms with Crippen LogP contribution >= 0.6 is 11.3 Å². The van der Waals surface area contributed by atoms with Gasteiger partial charge in [-0.2, -0.15) is 11.3 Å². The van der Waals surface area contributed by atoms with E-state index in [1.54, 1.807) is 11.3 Å². The molecule has 2 saturated carbocycles. The molecule has 2 aliphatic rings. The third-order valence-electron chi connectivity index (χ3n) is 5.58. The number of aliphatic hydroxyl groups excluding tert-OH is 1. The van der Waals surface area contributed by atoms with Crippen LogP contribution in [0.2, 0.25) is 0 Å². The van der Waals surface area contributed by atoms with Gasteiger partial charge in [0.25, 0.3) is 0 Å². The first-order valence-electron chi connectivity index (χ1n) is 8.78. The van der Waals surface area contributed by atoms with Crippen LogP contribution in [0.3, 0.4) is 0 Å². The SMILES string of the molecule is OC(CNC1CCCCC1C1CCCCC1)c1ccsc1. The van der Waals surface area contributed by atoms with E-state index in [0.29, 0.717) is 12.6 Å². The van der Waals surface area contributed by atoms with Crippen molar-refractivity contribution >= 4 is 11.3 Å². The quantitative estimate of drug-likeness (QED) is 0.839. The second kappa shape index (κ2) is 7.75. The molecule has 0 aliphatic heterocycles. The molecule has 0 saturated heterocycles. The van der Waals surface area contributed by atoms with Gasteiger partial charge in [-0.05, 0) is 47.1 Å². The fraction of sp³-hybridized carbons (Fsp3) is 0.778. The maximum atomic E-state index is 10.3. The zero-order valence-electron chi connectivity index (χ0n) is 13.0. The molecular formula is C18H29NOS. The first-order valence-corrected chi connectivity index (χ1v) is 9.72. The second-order valence-electron chi connectivity index (χ2n) is 6.93. The number of hydrogen-bond acceptors (Lipinski definition) is 3. The summed E-state index contributed by atoms with van der Waals surface area (Å²) in [5.74, 6) is 1.79. The lowest BCUT2D eigenvalue weighted by Crippen LogP contribution is -2.43. The average molecular weight is 308 g/mol. The molecule has 0 amide bonds. The maximum absolute atomic E-state index is 10.3. The molecule has 2 nitrogen and oxygen atoms in total. The lowest BCUT2D eigenvalue weighted by atomic mass is 9.71. The Morgan fingerprint density at radius 2 is 1.86 bits per heavy atom. The molecule has 3 unspecified atom stereocenters. The lowest BCUT2D eigenvalue weighted by molar-refractivity contribution is 0.123. The molecule has 2 fully saturated rings. The minimum absolute atomic E-state index is 0.342. The van der Waals surface area contributed by atoms with Gasteiger partial charge in [-0.1, -0.05) is 44.9 Å². The molecule has 0 aromatic carbocycles. The van der Waals surface area contributed by atoms with Crippen LogP contribution in [-0.4, -0.2) is 17.7 Å². The van der Waals surface area contributed by atoms with Gasteiger partial charge in [-0.3, -0.25) is 0 Å². The van der Waals surface area contributed by atoms with Crippen molar-refractivity contribution in [1.82, 2.24) is 5.32 Å². The van der Waals surface area contributed by atoms with E-state index in [0.717, 1.165) is 17.4 Å². The van der Waals surface area contributed by atoms with E-state index >= 15 is 0 Å². The molecule has 2 aliphatic carbocycles. The Bertz CT molecular complexity index is 399. The zero-order chi connectivity index (χ0) is 14.5. The van der Waals surface area contributed by atoms with Crippen molar-refractivity contribution in [2.24, 2.45) is 11.8 Å². The van der Waals surface area contributed by atoms with Crippen molar-refractivity contribution in [3.8, 4) is 0 Å².